The summed E-state index contributed by atoms with van der Waals surface area (Å²) < 4.78 is 0. The molecular formula is C14H20N2O. The van der Waals surface area contributed by atoms with E-state index in [-0.39, 0.29) is 11.8 Å². The van der Waals surface area contributed by atoms with E-state index in [4.69, 9.17) is 5.73 Å². The zero-order chi connectivity index (χ0) is 12.1. The van der Waals surface area contributed by atoms with E-state index in [0.29, 0.717) is 5.92 Å². The predicted octanol–water partition coefficient (Wildman–Crippen LogP) is 2.39. The maximum Gasteiger partial charge on any atom is 0.220 e. The van der Waals surface area contributed by atoms with Crippen LogP contribution in [-0.4, -0.2) is 12.5 Å². The van der Waals surface area contributed by atoms with Gasteiger partial charge in [0, 0.05) is 18.2 Å². The summed E-state index contributed by atoms with van der Waals surface area (Å²) in [6.07, 6.45) is 4.12. The Bertz CT molecular complexity index is 356. The third kappa shape index (κ3) is 3.48. The molecule has 1 aromatic carbocycles. The SMILES string of the molecule is NC(=O)C1CCC(CNc2ccccc2)CC1. The fourth-order valence-corrected chi connectivity index (χ4v) is 2.47. The van der Waals surface area contributed by atoms with Crippen molar-refractivity contribution in [2.24, 2.45) is 17.6 Å². The Hall–Kier alpha value is -1.51. The quantitative estimate of drug-likeness (QED) is 0.837. The number of hydrogen-bond donors (Lipinski definition) is 2. The average Bonchev–Trinajstić information content (AvgIpc) is 2.38. The summed E-state index contributed by atoms with van der Waals surface area (Å²) in [5.41, 5.74) is 6.49. The smallest absolute Gasteiger partial charge is 0.220 e. The van der Waals surface area contributed by atoms with Gasteiger partial charge in [-0.25, -0.2) is 0 Å². The Kier molecular flexibility index (Phi) is 4.02. The molecular weight excluding hydrogens is 212 g/mol. The van der Waals surface area contributed by atoms with Crippen LogP contribution >= 0.6 is 0 Å². The number of carbonyl (C=O) groups is 1. The van der Waals surface area contributed by atoms with Gasteiger partial charge in [0.25, 0.3) is 0 Å². The second-order valence-corrected chi connectivity index (χ2v) is 4.87. The molecule has 1 aromatic rings. The van der Waals surface area contributed by atoms with Crippen molar-refractivity contribution in [3.63, 3.8) is 0 Å². The van der Waals surface area contributed by atoms with Gasteiger partial charge in [-0.3, -0.25) is 4.79 Å². The Morgan fingerprint density at radius 2 is 1.82 bits per heavy atom. The third-order valence-corrected chi connectivity index (χ3v) is 3.62. The lowest BCUT2D eigenvalue weighted by atomic mass is 9.81. The van der Waals surface area contributed by atoms with Crippen LogP contribution < -0.4 is 11.1 Å². The van der Waals surface area contributed by atoms with Crippen LogP contribution in [-0.2, 0) is 4.79 Å². The maximum absolute atomic E-state index is 11.0. The van der Waals surface area contributed by atoms with Gasteiger partial charge in [-0.2, -0.15) is 0 Å². The summed E-state index contributed by atoms with van der Waals surface area (Å²) in [4.78, 5) is 11.0. The van der Waals surface area contributed by atoms with E-state index in [0.717, 1.165) is 32.2 Å². The number of primary amides is 1. The minimum atomic E-state index is -0.125. The van der Waals surface area contributed by atoms with Crippen molar-refractivity contribution in [3.05, 3.63) is 30.3 Å². The molecule has 1 aliphatic rings. The lowest BCUT2D eigenvalue weighted by Gasteiger charge is -2.27. The molecule has 0 heterocycles. The van der Waals surface area contributed by atoms with Gasteiger partial charge in [-0.05, 0) is 43.7 Å². The van der Waals surface area contributed by atoms with Gasteiger partial charge in [0.2, 0.25) is 5.91 Å². The summed E-state index contributed by atoms with van der Waals surface area (Å²) in [6, 6.07) is 10.2. The number of amides is 1. The van der Waals surface area contributed by atoms with Gasteiger partial charge in [0.05, 0.1) is 0 Å². The standard InChI is InChI=1S/C14H20N2O/c15-14(17)12-8-6-11(7-9-12)10-16-13-4-2-1-3-5-13/h1-5,11-12,16H,6-10H2,(H2,15,17). The number of carbonyl (C=O) groups excluding carboxylic acids is 1. The largest absolute Gasteiger partial charge is 0.385 e. The molecule has 0 spiro atoms. The molecule has 1 saturated carbocycles. The molecule has 1 fully saturated rings. The summed E-state index contributed by atoms with van der Waals surface area (Å²) in [6.45, 7) is 0.996. The number of rotatable bonds is 4. The highest BCUT2D eigenvalue weighted by Crippen LogP contribution is 2.28. The molecule has 3 heteroatoms. The van der Waals surface area contributed by atoms with E-state index in [1.54, 1.807) is 0 Å². The van der Waals surface area contributed by atoms with E-state index < -0.39 is 0 Å². The van der Waals surface area contributed by atoms with Crippen LogP contribution in [0.15, 0.2) is 30.3 Å². The first-order valence-corrected chi connectivity index (χ1v) is 6.34. The Balaban J connectivity index is 1.74. The van der Waals surface area contributed by atoms with E-state index in [1.165, 1.54) is 5.69 Å². The Labute approximate surface area is 102 Å². The summed E-state index contributed by atoms with van der Waals surface area (Å²) in [7, 11) is 0. The van der Waals surface area contributed by atoms with Gasteiger partial charge >= 0.3 is 0 Å². The van der Waals surface area contributed by atoms with Crippen molar-refractivity contribution < 1.29 is 4.79 Å². The Morgan fingerprint density at radius 3 is 2.41 bits per heavy atom. The first-order chi connectivity index (χ1) is 8.25. The fraction of sp³-hybridized carbons (Fsp3) is 0.500. The molecule has 1 amide bonds. The van der Waals surface area contributed by atoms with Crippen molar-refractivity contribution in [3.8, 4) is 0 Å². The van der Waals surface area contributed by atoms with Gasteiger partial charge in [0.1, 0.15) is 0 Å². The number of nitrogens with two attached hydrogens (primary N) is 1. The van der Waals surface area contributed by atoms with Gasteiger partial charge in [0.15, 0.2) is 0 Å². The second-order valence-electron chi connectivity index (χ2n) is 4.87. The normalized spacial score (nSPS) is 24.2. The van der Waals surface area contributed by atoms with Crippen LogP contribution in [0, 0.1) is 11.8 Å². The molecule has 0 unspecified atom stereocenters. The predicted molar refractivity (Wildman–Crippen MR) is 69.6 cm³/mol. The van der Waals surface area contributed by atoms with E-state index >= 15 is 0 Å². The molecule has 17 heavy (non-hydrogen) atoms. The lowest BCUT2D eigenvalue weighted by Crippen LogP contribution is -2.29. The zero-order valence-corrected chi connectivity index (χ0v) is 10.1. The molecule has 3 nitrogen and oxygen atoms in total. The molecule has 0 bridgehead atoms. The average molecular weight is 232 g/mol. The molecule has 0 aliphatic heterocycles. The van der Waals surface area contributed by atoms with Crippen LogP contribution in [0.2, 0.25) is 0 Å². The van der Waals surface area contributed by atoms with Gasteiger partial charge < -0.3 is 11.1 Å². The van der Waals surface area contributed by atoms with Crippen molar-refractivity contribution >= 4 is 11.6 Å². The van der Waals surface area contributed by atoms with Gasteiger partial charge in [-0.15, -0.1) is 0 Å². The molecule has 2 rings (SSSR count). The number of hydrogen-bond acceptors (Lipinski definition) is 2. The summed E-state index contributed by atoms with van der Waals surface area (Å²) in [5, 5.41) is 3.44. The number of para-hydroxylation sites is 1. The van der Waals surface area contributed by atoms with Crippen molar-refractivity contribution in [1.82, 2.24) is 0 Å². The van der Waals surface area contributed by atoms with Crippen LogP contribution in [0.25, 0.3) is 0 Å². The van der Waals surface area contributed by atoms with Crippen LogP contribution in [0.3, 0.4) is 0 Å². The highest BCUT2D eigenvalue weighted by Gasteiger charge is 2.24. The minimum Gasteiger partial charge on any atom is -0.385 e. The summed E-state index contributed by atoms with van der Waals surface area (Å²) in [5.74, 6) is 0.660. The first kappa shape index (κ1) is 12.0. The number of benzene rings is 1. The third-order valence-electron chi connectivity index (χ3n) is 3.62. The second kappa shape index (κ2) is 5.71. The number of anilines is 1. The minimum absolute atomic E-state index is 0.114. The topological polar surface area (TPSA) is 55.1 Å². The van der Waals surface area contributed by atoms with E-state index in [1.807, 2.05) is 18.2 Å². The molecule has 0 saturated heterocycles. The molecule has 0 aromatic heterocycles. The fourth-order valence-electron chi connectivity index (χ4n) is 2.47. The maximum atomic E-state index is 11.0. The van der Waals surface area contributed by atoms with Gasteiger partial charge in [-0.1, -0.05) is 18.2 Å². The molecule has 3 N–H and O–H groups in total. The summed E-state index contributed by atoms with van der Waals surface area (Å²) >= 11 is 0. The van der Waals surface area contributed by atoms with Crippen LogP contribution in [0.1, 0.15) is 25.7 Å². The number of nitrogens with one attached hydrogen (secondary N) is 1. The van der Waals surface area contributed by atoms with E-state index in [2.05, 4.69) is 17.4 Å². The Morgan fingerprint density at radius 1 is 1.18 bits per heavy atom. The molecule has 1 aliphatic carbocycles. The van der Waals surface area contributed by atoms with Crippen LogP contribution in [0.4, 0.5) is 5.69 Å². The van der Waals surface area contributed by atoms with Crippen LogP contribution in [0.5, 0.6) is 0 Å². The van der Waals surface area contributed by atoms with Crippen molar-refractivity contribution in [1.29, 1.82) is 0 Å². The van der Waals surface area contributed by atoms with Crippen molar-refractivity contribution in [2.45, 2.75) is 25.7 Å². The highest BCUT2D eigenvalue weighted by molar-refractivity contribution is 5.76. The zero-order valence-electron chi connectivity index (χ0n) is 10.1. The highest BCUT2D eigenvalue weighted by atomic mass is 16.1. The van der Waals surface area contributed by atoms with E-state index in [9.17, 15) is 4.79 Å². The molecule has 0 atom stereocenters. The molecule has 92 valence electrons. The first-order valence-electron chi connectivity index (χ1n) is 6.34. The molecule has 0 radical (unpaired) electrons. The lowest BCUT2D eigenvalue weighted by molar-refractivity contribution is -0.122. The monoisotopic (exact) mass is 232 g/mol. The van der Waals surface area contributed by atoms with Crippen molar-refractivity contribution in [2.75, 3.05) is 11.9 Å².